The minimum Gasteiger partial charge on any atom is -0.382 e. The lowest BCUT2D eigenvalue weighted by Gasteiger charge is -2.04. The summed E-state index contributed by atoms with van der Waals surface area (Å²) in [4.78, 5) is 1.35. The molecule has 0 aromatic carbocycles. The van der Waals surface area contributed by atoms with Crippen LogP contribution >= 0.6 is 11.3 Å². The molecule has 0 saturated carbocycles. The van der Waals surface area contributed by atoms with Gasteiger partial charge in [-0.25, -0.2) is 13.1 Å². The van der Waals surface area contributed by atoms with Crippen molar-refractivity contribution in [3.8, 4) is 0 Å². The van der Waals surface area contributed by atoms with Crippen molar-refractivity contribution in [3.05, 3.63) is 16.3 Å². The monoisotopic (exact) mass is 292 g/mol. The smallest absolute Gasteiger partial charge is 0.241 e. The largest absolute Gasteiger partial charge is 0.382 e. The fourth-order valence-electron chi connectivity index (χ4n) is 1.38. The maximum Gasteiger partial charge on any atom is 0.241 e. The number of thiophene rings is 1. The molecule has 18 heavy (non-hydrogen) atoms. The van der Waals surface area contributed by atoms with Gasteiger partial charge in [0.2, 0.25) is 10.0 Å². The number of rotatable bonds is 9. The fourth-order valence-corrected chi connectivity index (χ4v) is 3.74. The van der Waals surface area contributed by atoms with Gasteiger partial charge in [0.05, 0.1) is 4.90 Å². The van der Waals surface area contributed by atoms with Crippen LogP contribution in [0.5, 0.6) is 0 Å². The average Bonchev–Trinajstić information content (AvgIpc) is 2.79. The standard InChI is InChI=1S/C11H20N2O3S2/c1-3-16-6-4-5-13-18(14,15)11-7-10(8-12-2)17-9-11/h7,9,12-13H,3-6,8H2,1-2H3. The van der Waals surface area contributed by atoms with Crippen molar-refractivity contribution in [3.63, 3.8) is 0 Å². The van der Waals surface area contributed by atoms with Crippen molar-refractivity contribution >= 4 is 21.4 Å². The summed E-state index contributed by atoms with van der Waals surface area (Å²) in [6.45, 7) is 4.24. The van der Waals surface area contributed by atoms with Crippen molar-refractivity contribution in [1.29, 1.82) is 0 Å². The van der Waals surface area contributed by atoms with Gasteiger partial charge in [-0.3, -0.25) is 0 Å². The number of sulfonamides is 1. The molecule has 5 nitrogen and oxygen atoms in total. The SMILES string of the molecule is CCOCCCNS(=O)(=O)c1csc(CNC)c1. The van der Waals surface area contributed by atoms with E-state index in [4.69, 9.17) is 4.74 Å². The summed E-state index contributed by atoms with van der Waals surface area (Å²) in [5.41, 5.74) is 0. The highest BCUT2D eigenvalue weighted by atomic mass is 32.2. The summed E-state index contributed by atoms with van der Waals surface area (Å²) in [6, 6.07) is 1.70. The van der Waals surface area contributed by atoms with Crippen molar-refractivity contribution in [2.45, 2.75) is 24.8 Å². The molecule has 0 bridgehead atoms. The summed E-state index contributed by atoms with van der Waals surface area (Å²) in [6.07, 6.45) is 0.681. The van der Waals surface area contributed by atoms with Crippen LogP contribution in [0.25, 0.3) is 0 Å². The maximum absolute atomic E-state index is 11.9. The lowest BCUT2D eigenvalue weighted by molar-refractivity contribution is 0.146. The molecular formula is C11H20N2O3S2. The molecule has 2 N–H and O–H groups in total. The first kappa shape index (κ1) is 15.6. The third-order valence-electron chi connectivity index (χ3n) is 2.25. The van der Waals surface area contributed by atoms with Gasteiger partial charge < -0.3 is 10.1 Å². The van der Waals surface area contributed by atoms with E-state index in [-0.39, 0.29) is 0 Å². The van der Waals surface area contributed by atoms with Crippen LogP contribution in [-0.4, -0.2) is 35.2 Å². The zero-order valence-electron chi connectivity index (χ0n) is 10.7. The molecule has 7 heteroatoms. The Morgan fingerprint density at radius 3 is 2.89 bits per heavy atom. The number of nitrogens with one attached hydrogen (secondary N) is 2. The van der Waals surface area contributed by atoms with Crippen LogP contribution in [-0.2, 0) is 21.3 Å². The van der Waals surface area contributed by atoms with Gasteiger partial charge in [-0.1, -0.05) is 0 Å². The topological polar surface area (TPSA) is 67.4 Å². The number of ether oxygens (including phenoxy) is 1. The third-order valence-corrected chi connectivity index (χ3v) is 4.78. The van der Waals surface area contributed by atoms with E-state index in [1.54, 1.807) is 11.4 Å². The van der Waals surface area contributed by atoms with Gasteiger partial charge in [-0.05, 0) is 26.5 Å². The molecule has 0 aliphatic rings. The molecule has 0 amide bonds. The molecule has 0 spiro atoms. The van der Waals surface area contributed by atoms with E-state index in [9.17, 15) is 8.42 Å². The maximum atomic E-state index is 11.9. The van der Waals surface area contributed by atoms with Crippen molar-refractivity contribution in [1.82, 2.24) is 10.0 Å². The first-order valence-electron chi connectivity index (χ1n) is 5.89. The molecule has 0 radical (unpaired) electrons. The van der Waals surface area contributed by atoms with E-state index >= 15 is 0 Å². The van der Waals surface area contributed by atoms with E-state index in [0.29, 0.717) is 37.6 Å². The van der Waals surface area contributed by atoms with Crippen molar-refractivity contribution < 1.29 is 13.2 Å². The van der Waals surface area contributed by atoms with Gasteiger partial charge in [0.25, 0.3) is 0 Å². The highest BCUT2D eigenvalue weighted by molar-refractivity contribution is 7.89. The van der Waals surface area contributed by atoms with Gasteiger partial charge in [0, 0.05) is 36.6 Å². The van der Waals surface area contributed by atoms with E-state index in [0.717, 1.165) is 4.88 Å². The molecule has 1 rings (SSSR count). The molecule has 0 fully saturated rings. The van der Waals surface area contributed by atoms with Crippen LogP contribution in [0, 0.1) is 0 Å². The summed E-state index contributed by atoms with van der Waals surface area (Å²) >= 11 is 1.44. The molecule has 1 aromatic rings. The molecule has 0 atom stereocenters. The minimum atomic E-state index is -3.37. The van der Waals surface area contributed by atoms with Gasteiger partial charge >= 0.3 is 0 Å². The van der Waals surface area contributed by atoms with Crippen LogP contribution in [0.1, 0.15) is 18.2 Å². The number of hydrogen-bond acceptors (Lipinski definition) is 5. The second kappa shape index (κ2) is 7.85. The summed E-state index contributed by atoms with van der Waals surface area (Å²) in [5.74, 6) is 0. The van der Waals surface area contributed by atoms with E-state index < -0.39 is 10.0 Å². The van der Waals surface area contributed by atoms with Gasteiger partial charge in [-0.15, -0.1) is 11.3 Å². The molecule has 0 aliphatic carbocycles. The van der Waals surface area contributed by atoms with Crippen LogP contribution in [0.4, 0.5) is 0 Å². The van der Waals surface area contributed by atoms with E-state index in [1.807, 2.05) is 14.0 Å². The first-order chi connectivity index (χ1) is 8.60. The van der Waals surface area contributed by atoms with Crippen LogP contribution in [0.2, 0.25) is 0 Å². The molecule has 0 saturated heterocycles. The second-order valence-electron chi connectivity index (χ2n) is 3.73. The Labute approximate surface area is 113 Å². The van der Waals surface area contributed by atoms with Gasteiger partial charge in [-0.2, -0.15) is 0 Å². The summed E-state index contributed by atoms with van der Waals surface area (Å²) < 4.78 is 31.6. The Hall–Kier alpha value is -0.470. The van der Waals surface area contributed by atoms with E-state index in [1.165, 1.54) is 11.3 Å². The second-order valence-corrected chi connectivity index (χ2v) is 6.49. The summed E-state index contributed by atoms with van der Waals surface area (Å²) in [5, 5.41) is 4.66. The van der Waals surface area contributed by atoms with Crippen LogP contribution in [0.3, 0.4) is 0 Å². The predicted molar refractivity (Wildman–Crippen MR) is 73.4 cm³/mol. The minimum absolute atomic E-state index is 0.342. The zero-order chi connectivity index (χ0) is 13.4. The molecular weight excluding hydrogens is 272 g/mol. The third kappa shape index (κ3) is 5.03. The molecule has 1 heterocycles. The molecule has 104 valence electrons. The first-order valence-corrected chi connectivity index (χ1v) is 8.26. The average molecular weight is 292 g/mol. The Balaban J connectivity index is 2.46. The Kier molecular flexibility index (Phi) is 6.80. The lowest BCUT2D eigenvalue weighted by Crippen LogP contribution is -2.25. The van der Waals surface area contributed by atoms with Gasteiger partial charge in [0.15, 0.2) is 0 Å². The van der Waals surface area contributed by atoms with Crippen LogP contribution < -0.4 is 10.0 Å². The van der Waals surface area contributed by atoms with Crippen molar-refractivity contribution in [2.75, 3.05) is 26.8 Å². The van der Waals surface area contributed by atoms with Crippen molar-refractivity contribution in [2.24, 2.45) is 0 Å². The highest BCUT2D eigenvalue weighted by Crippen LogP contribution is 2.18. The lowest BCUT2D eigenvalue weighted by atomic mass is 10.5. The predicted octanol–water partition coefficient (Wildman–Crippen LogP) is 1.17. The summed E-state index contributed by atoms with van der Waals surface area (Å²) in [7, 11) is -1.53. The number of hydrogen-bond donors (Lipinski definition) is 2. The Morgan fingerprint density at radius 2 is 2.22 bits per heavy atom. The molecule has 0 unspecified atom stereocenters. The quantitative estimate of drug-likeness (QED) is 0.671. The normalized spacial score (nSPS) is 11.9. The Bertz CT molecular complexity index is 443. The fraction of sp³-hybridized carbons (Fsp3) is 0.636. The molecule has 0 aliphatic heterocycles. The Morgan fingerprint density at radius 1 is 1.44 bits per heavy atom. The van der Waals surface area contributed by atoms with Crippen LogP contribution in [0.15, 0.2) is 16.3 Å². The van der Waals surface area contributed by atoms with E-state index in [2.05, 4.69) is 10.0 Å². The zero-order valence-corrected chi connectivity index (χ0v) is 12.4. The molecule has 1 aromatic heterocycles. The highest BCUT2D eigenvalue weighted by Gasteiger charge is 2.15. The van der Waals surface area contributed by atoms with Gasteiger partial charge in [0.1, 0.15) is 0 Å².